The molecule has 0 aliphatic carbocycles. The van der Waals surface area contributed by atoms with E-state index >= 15 is 0 Å². The van der Waals surface area contributed by atoms with Crippen molar-refractivity contribution in [1.29, 1.82) is 0 Å². The van der Waals surface area contributed by atoms with E-state index in [1.807, 2.05) is 24.3 Å². The normalized spacial score (nSPS) is 21.1. The lowest BCUT2D eigenvalue weighted by atomic mass is 10.0. The van der Waals surface area contributed by atoms with Gasteiger partial charge in [0.15, 0.2) is 11.3 Å². The number of fused-ring (bicyclic) bond motifs is 2. The van der Waals surface area contributed by atoms with E-state index in [0.717, 1.165) is 43.1 Å². The van der Waals surface area contributed by atoms with Crippen molar-refractivity contribution in [1.82, 2.24) is 19.9 Å². The summed E-state index contributed by atoms with van der Waals surface area (Å²) < 4.78 is 5.95. The molecule has 4 heterocycles. The molecule has 7 heteroatoms. The second-order valence-corrected chi connectivity index (χ2v) is 8.47. The van der Waals surface area contributed by atoms with Crippen LogP contribution >= 0.6 is 0 Å². The number of hydrogen-bond donors (Lipinski definition) is 1. The summed E-state index contributed by atoms with van der Waals surface area (Å²) in [5.74, 6) is 2.06. The Morgan fingerprint density at radius 2 is 1.84 bits per heavy atom. The lowest BCUT2D eigenvalue weighted by molar-refractivity contribution is 0.246. The van der Waals surface area contributed by atoms with Crippen LogP contribution in [-0.4, -0.2) is 45.5 Å². The number of anilines is 2. The summed E-state index contributed by atoms with van der Waals surface area (Å²) in [5.41, 5.74) is 10.0. The number of nitrogen functional groups attached to an aromatic ring is 1. The van der Waals surface area contributed by atoms with Gasteiger partial charge in [0.2, 0.25) is 5.89 Å². The van der Waals surface area contributed by atoms with E-state index in [0.29, 0.717) is 29.3 Å². The number of likely N-dealkylation sites (tertiary alicyclic amines) is 1. The molecule has 4 aromatic rings. The zero-order chi connectivity index (χ0) is 20.8. The van der Waals surface area contributed by atoms with Gasteiger partial charge >= 0.3 is 0 Å². The number of hydrogen-bond acceptors (Lipinski definition) is 7. The first-order valence-electron chi connectivity index (χ1n) is 10.7. The minimum absolute atomic E-state index is 0.523. The highest BCUT2D eigenvalue weighted by atomic mass is 16.4. The number of rotatable bonds is 4. The third kappa shape index (κ3) is 3.31. The molecule has 0 bridgehead atoms. The minimum atomic E-state index is 0.523. The topological polar surface area (TPSA) is 84.3 Å². The maximum absolute atomic E-state index is 5.95. The molecule has 2 saturated heterocycles. The van der Waals surface area contributed by atoms with Crippen LogP contribution < -0.4 is 10.6 Å². The summed E-state index contributed by atoms with van der Waals surface area (Å²) in [6.07, 6.45) is 2.79. The van der Waals surface area contributed by atoms with Crippen molar-refractivity contribution < 1.29 is 4.42 Å². The van der Waals surface area contributed by atoms with E-state index in [9.17, 15) is 0 Å². The van der Waals surface area contributed by atoms with E-state index in [-0.39, 0.29) is 0 Å². The number of benzene rings is 2. The molecule has 2 aliphatic rings. The van der Waals surface area contributed by atoms with Crippen molar-refractivity contribution >= 4 is 22.7 Å². The second-order valence-electron chi connectivity index (χ2n) is 8.47. The minimum Gasteiger partial charge on any atom is -0.417 e. The van der Waals surface area contributed by atoms with Gasteiger partial charge in [-0.1, -0.05) is 30.3 Å². The van der Waals surface area contributed by atoms with Crippen molar-refractivity contribution in [3.8, 4) is 11.5 Å². The van der Waals surface area contributed by atoms with E-state index in [2.05, 4.69) is 50.1 Å². The molecule has 156 valence electrons. The molecule has 0 radical (unpaired) electrons. The zero-order valence-electron chi connectivity index (χ0n) is 17.2. The van der Waals surface area contributed by atoms with E-state index in [1.165, 1.54) is 12.0 Å². The van der Waals surface area contributed by atoms with Crippen molar-refractivity contribution in [2.75, 3.05) is 30.3 Å². The third-order valence-electron chi connectivity index (χ3n) is 6.52. The van der Waals surface area contributed by atoms with Gasteiger partial charge < -0.3 is 15.1 Å². The van der Waals surface area contributed by atoms with Crippen LogP contribution in [0.3, 0.4) is 0 Å². The largest absolute Gasteiger partial charge is 0.417 e. The molecule has 2 N–H and O–H groups in total. The molecule has 31 heavy (non-hydrogen) atoms. The standard InChI is InChI=1S/C24H24N6O/c25-19-8-6-17(7-9-19)23-28-21-22(26-15-27-24(21)31-23)30-13-18-10-11-29(20(18)14-30)12-16-4-2-1-3-5-16/h1-9,15,18,20H,10-14,25H2. The Hall–Kier alpha value is -3.45. The van der Waals surface area contributed by atoms with Crippen LogP contribution in [0.2, 0.25) is 0 Å². The van der Waals surface area contributed by atoms with Crippen molar-refractivity contribution in [3.63, 3.8) is 0 Å². The number of nitrogens with two attached hydrogens (primary N) is 1. The first-order chi connectivity index (χ1) is 15.2. The van der Waals surface area contributed by atoms with Crippen molar-refractivity contribution in [2.24, 2.45) is 5.92 Å². The fraction of sp³-hybridized carbons (Fsp3) is 0.292. The van der Waals surface area contributed by atoms with Gasteiger partial charge in [-0.3, -0.25) is 4.90 Å². The Morgan fingerprint density at radius 3 is 2.68 bits per heavy atom. The van der Waals surface area contributed by atoms with Crippen LogP contribution in [0, 0.1) is 5.92 Å². The molecular weight excluding hydrogens is 388 g/mol. The van der Waals surface area contributed by atoms with Crippen molar-refractivity contribution in [2.45, 2.75) is 19.0 Å². The van der Waals surface area contributed by atoms with Crippen LogP contribution in [-0.2, 0) is 6.54 Å². The Morgan fingerprint density at radius 1 is 1.00 bits per heavy atom. The number of aromatic nitrogens is 3. The molecule has 2 fully saturated rings. The Kier molecular flexibility index (Phi) is 4.35. The fourth-order valence-corrected chi connectivity index (χ4v) is 4.96. The molecule has 2 aliphatic heterocycles. The zero-order valence-corrected chi connectivity index (χ0v) is 17.2. The van der Waals surface area contributed by atoms with Gasteiger partial charge in [-0.05, 0) is 48.7 Å². The molecule has 0 saturated carbocycles. The third-order valence-corrected chi connectivity index (χ3v) is 6.52. The summed E-state index contributed by atoms with van der Waals surface area (Å²) in [4.78, 5) is 18.6. The number of nitrogens with zero attached hydrogens (tertiary/aromatic N) is 5. The molecule has 2 aromatic carbocycles. The van der Waals surface area contributed by atoms with Gasteiger partial charge in [0.05, 0.1) is 0 Å². The second kappa shape index (κ2) is 7.35. The Labute approximate surface area is 180 Å². The van der Waals surface area contributed by atoms with Gasteiger partial charge in [-0.25, -0.2) is 9.97 Å². The highest BCUT2D eigenvalue weighted by molar-refractivity contribution is 5.84. The Bertz CT molecular complexity index is 1210. The van der Waals surface area contributed by atoms with Crippen LogP contribution in [0.5, 0.6) is 0 Å². The lowest BCUT2D eigenvalue weighted by Crippen LogP contribution is -2.35. The van der Waals surface area contributed by atoms with Gasteiger partial charge in [-0.2, -0.15) is 4.98 Å². The molecule has 0 spiro atoms. The maximum atomic E-state index is 5.95. The average Bonchev–Trinajstić information content (AvgIpc) is 3.50. The molecule has 7 nitrogen and oxygen atoms in total. The Balaban J connectivity index is 1.27. The average molecular weight is 412 g/mol. The molecule has 6 rings (SSSR count). The predicted octanol–water partition coefficient (Wildman–Crippen LogP) is 3.58. The van der Waals surface area contributed by atoms with Crippen LogP contribution in [0.25, 0.3) is 22.7 Å². The van der Waals surface area contributed by atoms with Crippen molar-refractivity contribution in [3.05, 3.63) is 66.5 Å². The van der Waals surface area contributed by atoms with Crippen LogP contribution in [0.1, 0.15) is 12.0 Å². The summed E-state index contributed by atoms with van der Waals surface area (Å²) in [6.45, 7) is 4.10. The molecule has 2 atom stereocenters. The first kappa shape index (κ1) is 18.3. The smallest absolute Gasteiger partial charge is 0.252 e. The molecule has 2 aromatic heterocycles. The molecular formula is C24H24N6O. The summed E-state index contributed by atoms with van der Waals surface area (Å²) in [7, 11) is 0. The van der Waals surface area contributed by atoms with E-state index < -0.39 is 0 Å². The molecule has 2 unspecified atom stereocenters. The first-order valence-corrected chi connectivity index (χ1v) is 10.7. The van der Waals surface area contributed by atoms with E-state index in [4.69, 9.17) is 15.1 Å². The highest BCUT2D eigenvalue weighted by Gasteiger charge is 2.42. The summed E-state index contributed by atoms with van der Waals surface area (Å²) >= 11 is 0. The van der Waals surface area contributed by atoms with E-state index in [1.54, 1.807) is 6.33 Å². The summed E-state index contributed by atoms with van der Waals surface area (Å²) in [6, 6.07) is 18.8. The van der Waals surface area contributed by atoms with Gasteiger partial charge in [-0.15, -0.1) is 0 Å². The monoisotopic (exact) mass is 412 g/mol. The number of oxazole rings is 1. The summed E-state index contributed by atoms with van der Waals surface area (Å²) in [5, 5.41) is 0. The highest BCUT2D eigenvalue weighted by Crippen LogP contribution is 2.37. The quantitative estimate of drug-likeness (QED) is 0.513. The maximum Gasteiger partial charge on any atom is 0.252 e. The van der Waals surface area contributed by atoms with Gasteiger partial charge in [0.25, 0.3) is 5.71 Å². The SMILES string of the molecule is Nc1ccc(-c2nc3c(N4CC5CCN(Cc6ccccc6)C5C4)ncnc3o2)cc1. The molecule has 0 amide bonds. The van der Waals surface area contributed by atoms with Crippen LogP contribution in [0.15, 0.2) is 65.3 Å². The fourth-order valence-electron chi connectivity index (χ4n) is 4.96. The van der Waals surface area contributed by atoms with Gasteiger partial charge in [0, 0.05) is 36.9 Å². The lowest BCUT2D eigenvalue weighted by Gasteiger charge is -2.25. The van der Waals surface area contributed by atoms with Crippen LogP contribution in [0.4, 0.5) is 11.5 Å². The predicted molar refractivity (Wildman–Crippen MR) is 120 cm³/mol. The van der Waals surface area contributed by atoms with Gasteiger partial charge in [0.1, 0.15) is 6.33 Å².